The SMILES string of the molecule is C=CCN(CC=C)CC1CCc2ccccc2C1=O. The molecule has 0 saturated carbocycles. The summed E-state index contributed by atoms with van der Waals surface area (Å²) in [6.45, 7) is 9.94. The van der Waals surface area contributed by atoms with Gasteiger partial charge < -0.3 is 0 Å². The van der Waals surface area contributed by atoms with Gasteiger partial charge in [0, 0.05) is 31.1 Å². The molecule has 0 fully saturated rings. The summed E-state index contributed by atoms with van der Waals surface area (Å²) < 4.78 is 0. The molecular weight excluding hydrogens is 234 g/mol. The smallest absolute Gasteiger partial charge is 0.167 e. The van der Waals surface area contributed by atoms with E-state index in [2.05, 4.69) is 24.1 Å². The predicted octanol–water partition coefficient (Wildman–Crippen LogP) is 3.11. The van der Waals surface area contributed by atoms with Crippen molar-refractivity contribution in [1.82, 2.24) is 4.90 Å². The van der Waals surface area contributed by atoms with Crippen LogP contribution in [-0.4, -0.2) is 30.3 Å². The molecule has 0 spiro atoms. The van der Waals surface area contributed by atoms with E-state index in [4.69, 9.17) is 0 Å². The summed E-state index contributed by atoms with van der Waals surface area (Å²) in [5.74, 6) is 0.398. The number of rotatable bonds is 6. The van der Waals surface area contributed by atoms with Crippen molar-refractivity contribution < 1.29 is 4.79 Å². The van der Waals surface area contributed by atoms with Gasteiger partial charge in [-0.1, -0.05) is 36.4 Å². The van der Waals surface area contributed by atoms with E-state index in [9.17, 15) is 4.79 Å². The number of carbonyl (C=O) groups is 1. The molecule has 1 aromatic carbocycles. The molecule has 1 aliphatic rings. The summed E-state index contributed by atoms with van der Waals surface area (Å²) >= 11 is 0. The molecule has 2 nitrogen and oxygen atoms in total. The molecule has 0 radical (unpaired) electrons. The van der Waals surface area contributed by atoms with E-state index in [0.717, 1.165) is 38.0 Å². The van der Waals surface area contributed by atoms with Gasteiger partial charge in [-0.25, -0.2) is 0 Å². The van der Waals surface area contributed by atoms with Crippen molar-refractivity contribution in [1.29, 1.82) is 0 Å². The van der Waals surface area contributed by atoms with Crippen LogP contribution in [0.3, 0.4) is 0 Å². The third-order valence-corrected chi connectivity index (χ3v) is 3.67. The zero-order valence-electron chi connectivity index (χ0n) is 11.3. The van der Waals surface area contributed by atoms with E-state index >= 15 is 0 Å². The molecule has 2 heteroatoms. The van der Waals surface area contributed by atoms with Crippen LogP contribution < -0.4 is 0 Å². The van der Waals surface area contributed by atoms with Gasteiger partial charge in [0.05, 0.1) is 0 Å². The normalized spacial score (nSPS) is 18.2. The standard InChI is InChI=1S/C17H21NO/c1-3-11-18(12-4-2)13-15-10-9-14-7-5-6-8-16(14)17(15)19/h3-8,15H,1-2,9-13H2. The van der Waals surface area contributed by atoms with Crippen LogP contribution in [0, 0.1) is 5.92 Å². The molecule has 2 rings (SSSR count). The maximum atomic E-state index is 12.5. The van der Waals surface area contributed by atoms with E-state index in [0.29, 0.717) is 5.78 Å². The maximum Gasteiger partial charge on any atom is 0.167 e. The monoisotopic (exact) mass is 255 g/mol. The lowest BCUT2D eigenvalue weighted by Crippen LogP contribution is -2.36. The van der Waals surface area contributed by atoms with Crippen LogP contribution >= 0.6 is 0 Å². The Morgan fingerprint density at radius 1 is 1.21 bits per heavy atom. The maximum absolute atomic E-state index is 12.5. The third-order valence-electron chi connectivity index (χ3n) is 3.67. The highest BCUT2D eigenvalue weighted by atomic mass is 16.1. The molecule has 19 heavy (non-hydrogen) atoms. The number of ketones is 1. The molecule has 0 aromatic heterocycles. The fourth-order valence-electron chi connectivity index (χ4n) is 2.73. The lowest BCUT2D eigenvalue weighted by Gasteiger charge is -2.28. The molecule has 0 heterocycles. The highest BCUT2D eigenvalue weighted by Gasteiger charge is 2.27. The number of hydrogen-bond donors (Lipinski definition) is 0. The van der Waals surface area contributed by atoms with Gasteiger partial charge in [0.2, 0.25) is 0 Å². The fourth-order valence-corrected chi connectivity index (χ4v) is 2.73. The van der Waals surface area contributed by atoms with Crippen molar-refractivity contribution in [2.75, 3.05) is 19.6 Å². The van der Waals surface area contributed by atoms with Crippen LogP contribution in [0.1, 0.15) is 22.3 Å². The van der Waals surface area contributed by atoms with Crippen molar-refractivity contribution in [2.45, 2.75) is 12.8 Å². The zero-order valence-corrected chi connectivity index (χ0v) is 11.3. The van der Waals surface area contributed by atoms with E-state index in [-0.39, 0.29) is 5.92 Å². The number of benzene rings is 1. The first-order chi connectivity index (χ1) is 9.26. The molecule has 0 amide bonds. The van der Waals surface area contributed by atoms with E-state index in [1.165, 1.54) is 5.56 Å². The Balaban J connectivity index is 2.08. The molecule has 1 unspecified atom stereocenters. The predicted molar refractivity (Wildman–Crippen MR) is 79.4 cm³/mol. The molecular formula is C17H21NO. The van der Waals surface area contributed by atoms with Crippen molar-refractivity contribution in [2.24, 2.45) is 5.92 Å². The number of Topliss-reactive ketones (excluding diaryl/α,β-unsaturated/α-hetero) is 1. The largest absolute Gasteiger partial charge is 0.295 e. The Morgan fingerprint density at radius 3 is 2.58 bits per heavy atom. The van der Waals surface area contributed by atoms with Gasteiger partial charge in [0.25, 0.3) is 0 Å². The summed E-state index contributed by atoms with van der Waals surface area (Å²) in [4.78, 5) is 14.7. The van der Waals surface area contributed by atoms with Gasteiger partial charge in [-0.2, -0.15) is 0 Å². The van der Waals surface area contributed by atoms with Crippen LogP contribution in [0.15, 0.2) is 49.6 Å². The van der Waals surface area contributed by atoms with Gasteiger partial charge in [-0.05, 0) is 18.4 Å². The van der Waals surface area contributed by atoms with Crippen LogP contribution in [0.25, 0.3) is 0 Å². The van der Waals surface area contributed by atoms with E-state index in [1.807, 2.05) is 30.4 Å². The molecule has 0 aliphatic heterocycles. The summed E-state index contributed by atoms with van der Waals surface area (Å²) in [6.07, 6.45) is 5.71. The average molecular weight is 255 g/mol. The molecule has 0 saturated heterocycles. The minimum Gasteiger partial charge on any atom is -0.295 e. The van der Waals surface area contributed by atoms with Crippen molar-refractivity contribution in [3.63, 3.8) is 0 Å². The van der Waals surface area contributed by atoms with Crippen LogP contribution in [0.4, 0.5) is 0 Å². The van der Waals surface area contributed by atoms with Gasteiger partial charge >= 0.3 is 0 Å². The summed E-state index contributed by atoms with van der Waals surface area (Å²) in [6, 6.07) is 7.97. The minimum absolute atomic E-state index is 0.106. The third kappa shape index (κ3) is 3.21. The molecule has 0 N–H and O–H groups in total. The van der Waals surface area contributed by atoms with Gasteiger partial charge in [0.15, 0.2) is 5.78 Å². The average Bonchev–Trinajstić information content (AvgIpc) is 2.43. The number of carbonyl (C=O) groups excluding carboxylic acids is 1. The van der Waals surface area contributed by atoms with Gasteiger partial charge in [-0.15, -0.1) is 13.2 Å². The van der Waals surface area contributed by atoms with Crippen LogP contribution in [-0.2, 0) is 6.42 Å². The lowest BCUT2D eigenvalue weighted by molar-refractivity contribution is 0.0868. The second kappa shape index (κ2) is 6.48. The Morgan fingerprint density at radius 2 is 1.89 bits per heavy atom. The summed E-state index contributed by atoms with van der Waals surface area (Å²) in [5.41, 5.74) is 2.11. The van der Waals surface area contributed by atoms with E-state index in [1.54, 1.807) is 0 Å². The van der Waals surface area contributed by atoms with Crippen LogP contribution in [0.2, 0.25) is 0 Å². The highest BCUT2D eigenvalue weighted by molar-refractivity contribution is 6.00. The summed E-state index contributed by atoms with van der Waals surface area (Å²) in [7, 11) is 0. The number of aryl methyl sites for hydroxylation is 1. The Kier molecular flexibility index (Phi) is 4.69. The Labute approximate surface area is 115 Å². The molecule has 0 bridgehead atoms. The van der Waals surface area contributed by atoms with Crippen LogP contribution in [0.5, 0.6) is 0 Å². The second-order valence-electron chi connectivity index (χ2n) is 5.05. The minimum atomic E-state index is 0.106. The first kappa shape index (κ1) is 13.8. The molecule has 1 atom stereocenters. The van der Waals surface area contributed by atoms with Gasteiger partial charge in [0.1, 0.15) is 0 Å². The van der Waals surface area contributed by atoms with Crippen molar-refractivity contribution in [3.05, 3.63) is 60.7 Å². The Bertz CT molecular complexity index is 468. The van der Waals surface area contributed by atoms with E-state index < -0.39 is 0 Å². The summed E-state index contributed by atoms with van der Waals surface area (Å²) in [5, 5.41) is 0. The fraction of sp³-hybridized carbons (Fsp3) is 0.353. The number of nitrogens with zero attached hydrogens (tertiary/aromatic N) is 1. The van der Waals surface area contributed by atoms with Gasteiger partial charge in [-0.3, -0.25) is 9.69 Å². The topological polar surface area (TPSA) is 20.3 Å². The zero-order chi connectivity index (χ0) is 13.7. The first-order valence-corrected chi connectivity index (χ1v) is 6.82. The molecule has 1 aromatic rings. The molecule has 1 aliphatic carbocycles. The number of fused-ring (bicyclic) bond motifs is 1. The second-order valence-corrected chi connectivity index (χ2v) is 5.05. The Hall–Kier alpha value is -1.67. The lowest BCUT2D eigenvalue weighted by atomic mass is 9.82. The van der Waals surface area contributed by atoms with Crippen molar-refractivity contribution in [3.8, 4) is 0 Å². The number of hydrogen-bond acceptors (Lipinski definition) is 2. The quantitative estimate of drug-likeness (QED) is 0.728. The first-order valence-electron chi connectivity index (χ1n) is 6.82. The highest BCUT2D eigenvalue weighted by Crippen LogP contribution is 2.26. The van der Waals surface area contributed by atoms with Crippen molar-refractivity contribution >= 4 is 5.78 Å². The molecule has 100 valence electrons.